The summed E-state index contributed by atoms with van der Waals surface area (Å²) < 4.78 is 0. The van der Waals surface area contributed by atoms with Gasteiger partial charge in [-0.3, -0.25) is 4.79 Å². The summed E-state index contributed by atoms with van der Waals surface area (Å²) in [6.07, 6.45) is 5.66. The minimum atomic E-state index is -0.153. The molecule has 0 radical (unpaired) electrons. The number of nitrogens with one attached hydrogen (secondary N) is 1. The van der Waals surface area contributed by atoms with Crippen molar-refractivity contribution in [3.8, 4) is 12.3 Å². The second kappa shape index (κ2) is 4.68. The van der Waals surface area contributed by atoms with Gasteiger partial charge in [0.15, 0.2) is 0 Å². The van der Waals surface area contributed by atoms with Crippen LogP contribution in [0, 0.1) is 12.3 Å². The molecule has 1 atom stereocenters. The van der Waals surface area contributed by atoms with Gasteiger partial charge in [0, 0.05) is 12.5 Å². The maximum Gasteiger partial charge on any atom is 0.263 e. The molecule has 4 heteroatoms. The van der Waals surface area contributed by atoms with Gasteiger partial charge in [0.1, 0.15) is 4.88 Å². The number of nitrogens with two attached hydrogens (primary N) is 1. The summed E-state index contributed by atoms with van der Waals surface area (Å²) in [5.41, 5.74) is 6.11. The number of terminal acetylenes is 1. The SMILES string of the molecule is C#CCC(C)NC(=O)c1sccc1N. The summed E-state index contributed by atoms with van der Waals surface area (Å²) >= 11 is 1.33. The molecule has 0 aliphatic carbocycles. The smallest absolute Gasteiger partial charge is 0.263 e. The Morgan fingerprint density at radius 3 is 3.07 bits per heavy atom. The number of thiophene rings is 1. The summed E-state index contributed by atoms with van der Waals surface area (Å²) in [4.78, 5) is 12.1. The molecule has 0 bridgehead atoms. The Kier molecular flexibility index (Phi) is 3.55. The molecule has 1 aromatic rings. The zero-order chi connectivity index (χ0) is 10.6. The van der Waals surface area contributed by atoms with Gasteiger partial charge >= 0.3 is 0 Å². The summed E-state index contributed by atoms with van der Waals surface area (Å²) in [5.74, 6) is 2.34. The Balaban J connectivity index is 2.60. The summed E-state index contributed by atoms with van der Waals surface area (Å²) in [5, 5.41) is 4.56. The van der Waals surface area contributed by atoms with Gasteiger partial charge < -0.3 is 11.1 Å². The molecule has 74 valence electrons. The number of carbonyl (C=O) groups excluding carboxylic acids is 1. The lowest BCUT2D eigenvalue weighted by atomic mass is 10.2. The van der Waals surface area contributed by atoms with Crippen molar-refractivity contribution in [2.24, 2.45) is 0 Å². The third-order valence-corrected chi connectivity index (χ3v) is 2.63. The van der Waals surface area contributed by atoms with E-state index in [9.17, 15) is 4.79 Å². The minimum absolute atomic E-state index is 0.0194. The standard InChI is InChI=1S/C10H12N2OS/c1-3-4-7(2)12-10(13)9-8(11)5-6-14-9/h1,5-7H,4,11H2,2H3,(H,12,13). The minimum Gasteiger partial charge on any atom is -0.397 e. The van der Waals surface area contributed by atoms with E-state index in [0.717, 1.165) is 0 Å². The van der Waals surface area contributed by atoms with Crippen molar-refractivity contribution in [1.29, 1.82) is 0 Å². The molecule has 14 heavy (non-hydrogen) atoms. The van der Waals surface area contributed by atoms with Crippen LogP contribution in [0.3, 0.4) is 0 Å². The summed E-state index contributed by atoms with van der Waals surface area (Å²) in [6.45, 7) is 1.86. The maximum absolute atomic E-state index is 11.6. The highest BCUT2D eigenvalue weighted by atomic mass is 32.1. The van der Waals surface area contributed by atoms with Gasteiger partial charge in [0.25, 0.3) is 5.91 Å². The third kappa shape index (κ3) is 2.51. The molecule has 0 aromatic carbocycles. The number of nitrogen functional groups attached to an aromatic ring is 1. The second-order valence-corrected chi connectivity index (χ2v) is 3.90. The first kappa shape index (κ1) is 10.6. The zero-order valence-corrected chi connectivity index (χ0v) is 8.73. The Morgan fingerprint density at radius 2 is 2.57 bits per heavy atom. The van der Waals surface area contributed by atoms with Crippen LogP contribution in [0.1, 0.15) is 23.0 Å². The van der Waals surface area contributed by atoms with Crippen molar-refractivity contribution in [2.75, 3.05) is 5.73 Å². The molecular weight excluding hydrogens is 196 g/mol. The van der Waals surface area contributed by atoms with Crippen molar-refractivity contribution < 1.29 is 4.79 Å². The number of anilines is 1. The molecule has 0 aliphatic rings. The Labute approximate surface area is 87.3 Å². The second-order valence-electron chi connectivity index (χ2n) is 2.99. The first-order valence-corrected chi connectivity index (χ1v) is 5.10. The summed E-state index contributed by atoms with van der Waals surface area (Å²) in [7, 11) is 0. The highest BCUT2D eigenvalue weighted by Gasteiger charge is 2.12. The average molecular weight is 208 g/mol. The van der Waals surface area contributed by atoms with Gasteiger partial charge in [0.2, 0.25) is 0 Å². The first-order valence-electron chi connectivity index (χ1n) is 4.22. The van der Waals surface area contributed by atoms with Crippen molar-refractivity contribution in [3.63, 3.8) is 0 Å². The normalized spacial score (nSPS) is 11.7. The molecule has 1 aromatic heterocycles. The van der Waals surface area contributed by atoms with Gasteiger partial charge in [-0.25, -0.2) is 0 Å². The fraction of sp³-hybridized carbons (Fsp3) is 0.300. The van der Waals surface area contributed by atoms with E-state index in [1.54, 1.807) is 11.4 Å². The molecule has 0 fully saturated rings. The number of amides is 1. The lowest BCUT2D eigenvalue weighted by Crippen LogP contribution is -2.32. The zero-order valence-electron chi connectivity index (χ0n) is 7.91. The van der Waals surface area contributed by atoms with Crippen LogP contribution in [0.2, 0.25) is 0 Å². The van der Waals surface area contributed by atoms with Gasteiger partial charge in [0.05, 0.1) is 5.69 Å². The molecule has 0 aliphatic heterocycles. The Bertz CT molecular complexity index is 364. The van der Waals surface area contributed by atoms with Crippen LogP contribution in [0.5, 0.6) is 0 Å². The molecule has 0 saturated carbocycles. The topological polar surface area (TPSA) is 55.1 Å². The van der Waals surface area contributed by atoms with Crippen molar-refractivity contribution in [2.45, 2.75) is 19.4 Å². The molecule has 3 N–H and O–H groups in total. The molecular formula is C10H12N2OS. The maximum atomic E-state index is 11.6. The fourth-order valence-corrected chi connectivity index (χ4v) is 1.74. The van der Waals surface area contributed by atoms with Crippen LogP contribution in [0.4, 0.5) is 5.69 Å². The molecule has 1 rings (SSSR count). The van der Waals surface area contributed by atoms with E-state index in [2.05, 4.69) is 11.2 Å². The monoisotopic (exact) mass is 208 g/mol. The van der Waals surface area contributed by atoms with E-state index >= 15 is 0 Å². The van der Waals surface area contributed by atoms with Gasteiger partial charge in [-0.05, 0) is 18.4 Å². The largest absolute Gasteiger partial charge is 0.397 e. The van der Waals surface area contributed by atoms with Crippen LogP contribution < -0.4 is 11.1 Å². The average Bonchev–Trinajstić information content (AvgIpc) is 2.51. The molecule has 1 heterocycles. The third-order valence-electron chi connectivity index (χ3n) is 1.70. The molecule has 1 amide bonds. The van der Waals surface area contributed by atoms with Crippen molar-refractivity contribution in [3.05, 3.63) is 16.3 Å². The van der Waals surface area contributed by atoms with E-state index in [-0.39, 0.29) is 11.9 Å². The number of hydrogen-bond donors (Lipinski definition) is 2. The molecule has 0 saturated heterocycles. The molecule has 3 nitrogen and oxygen atoms in total. The van der Waals surface area contributed by atoms with E-state index in [1.165, 1.54) is 11.3 Å². The van der Waals surface area contributed by atoms with E-state index in [0.29, 0.717) is 17.0 Å². The van der Waals surface area contributed by atoms with E-state index < -0.39 is 0 Å². The lowest BCUT2D eigenvalue weighted by molar-refractivity contribution is 0.0946. The van der Waals surface area contributed by atoms with Crippen LogP contribution in [0.25, 0.3) is 0 Å². The van der Waals surface area contributed by atoms with Crippen molar-refractivity contribution >= 4 is 22.9 Å². The van der Waals surface area contributed by atoms with Crippen LogP contribution in [-0.4, -0.2) is 11.9 Å². The number of carbonyl (C=O) groups is 1. The number of hydrogen-bond acceptors (Lipinski definition) is 3. The van der Waals surface area contributed by atoms with Crippen LogP contribution >= 0.6 is 11.3 Å². The quantitative estimate of drug-likeness (QED) is 0.739. The van der Waals surface area contributed by atoms with E-state index in [1.807, 2.05) is 6.92 Å². The van der Waals surface area contributed by atoms with E-state index in [4.69, 9.17) is 12.2 Å². The predicted octanol–water partition coefficient (Wildman–Crippen LogP) is 1.47. The predicted molar refractivity (Wildman–Crippen MR) is 59.1 cm³/mol. The first-order chi connectivity index (χ1) is 6.65. The van der Waals surface area contributed by atoms with Crippen LogP contribution in [-0.2, 0) is 0 Å². The highest BCUT2D eigenvalue weighted by molar-refractivity contribution is 7.12. The lowest BCUT2D eigenvalue weighted by Gasteiger charge is -2.09. The summed E-state index contributed by atoms with van der Waals surface area (Å²) in [6, 6.07) is 1.69. The Hall–Kier alpha value is -1.47. The molecule has 0 spiro atoms. The van der Waals surface area contributed by atoms with Gasteiger partial charge in [-0.1, -0.05) is 0 Å². The molecule has 1 unspecified atom stereocenters. The van der Waals surface area contributed by atoms with Crippen LogP contribution in [0.15, 0.2) is 11.4 Å². The van der Waals surface area contributed by atoms with Gasteiger partial charge in [-0.2, -0.15) is 0 Å². The number of rotatable bonds is 3. The van der Waals surface area contributed by atoms with Gasteiger partial charge in [-0.15, -0.1) is 23.7 Å². The highest BCUT2D eigenvalue weighted by Crippen LogP contribution is 2.18. The van der Waals surface area contributed by atoms with Crippen molar-refractivity contribution in [1.82, 2.24) is 5.32 Å². The Morgan fingerprint density at radius 1 is 1.86 bits per heavy atom. The fourth-order valence-electron chi connectivity index (χ4n) is 1.02.